The molecule has 0 saturated heterocycles. The molecule has 25 heavy (non-hydrogen) atoms. The highest BCUT2D eigenvalue weighted by Gasteiger charge is 2.18. The number of hydrogen-bond donors (Lipinski definition) is 1. The van der Waals surface area contributed by atoms with Crippen LogP contribution in [-0.4, -0.2) is 19.1 Å². The van der Waals surface area contributed by atoms with Crippen LogP contribution in [0.1, 0.15) is 11.7 Å². The summed E-state index contributed by atoms with van der Waals surface area (Å²) in [6.45, 7) is 0.0406. The number of benzene rings is 2. The van der Waals surface area contributed by atoms with Crippen molar-refractivity contribution in [3.05, 3.63) is 81.0 Å². The molecule has 1 N–H and O–H groups in total. The third-order valence-electron chi connectivity index (χ3n) is 4.23. The van der Waals surface area contributed by atoms with Crippen LogP contribution in [0.4, 0.5) is 0 Å². The second kappa shape index (κ2) is 6.19. The Morgan fingerprint density at radius 3 is 2.76 bits per heavy atom. The Morgan fingerprint density at radius 2 is 1.92 bits per heavy atom. The fourth-order valence-electron chi connectivity index (χ4n) is 3.01. The Balaban J connectivity index is 1.89. The fraction of sp³-hybridized carbons (Fsp3) is 0.111. The first-order valence-corrected chi connectivity index (χ1v) is 8.39. The van der Waals surface area contributed by atoms with E-state index in [1.54, 1.807) is 42.9 Å². The summed E-state index contributed by atoms with van der Waals surface area (Å²) in [5.41, 5.74) is 1.65. The smallest absolute Gasteiger partial charge is 0.261 e. The lowest BCUT2D eigenvalue weighted by Gasteiger charge is -2.17. The molecule has 2 aromatic carbocycles. The molecule has 0 fully saturated rings. The van der Waals surface area contributed by atoms with E-state index in [2.05, 4.69) is 4.98 Å². The van der Waals surface area contributed by atoms with E-state index >= 15 is 0 Å². The number of aromatic nitrogens is 3. The van der Waals surface area contributed by atoms with Gasteiger partial charge < -0.3 is 5.11 Å². The molecule has 4 aromatic rings. The molecule has 0 aliphatic rings. The van der Waals surface area contributed by atoms with Crippen molar-refractivity contribution in [1.29, 1.82) is 0 Å². The summed E-state index contributed by atoms with van der Waals surface area (Å²) in [6, 6.07) is 12.3. The molecule has 0 spiro atoms. The number of fused-ring (bicyclic) bond motifs is 3. The van der Waals surface area contributed by atoms with Crippen molar-refractivity contribution in [2.24, 2.45) is 0 Å². The number of imidazole rings is 1. The molecule has 0 bridgehead atoms. The molecule has 0 amide bonds. The van der Waals surface area contributed by atoms with Gasteiger partial charge in [0.2, 0.25) is 0 Å². The summed E-state index contributed by atoms with van der Waals surface area (Å²) in [6.07, 6.45) is 2.26. The Hall–Kier alpha value is -2.34. The van der Waals surface area contributed by atoms with Gasteiger partial charge in [-0.15, -0.1) is 0 Å². The lowest BCUT2D eigenvalue weighted by Crippen LogP contribution is -2.25. The molecule has 2 heterocycles. The van der Waals surface area contributed by atoms with E-state index in [4.69, 9.17) is 23.2 Å². The van der Waals surface area contributed by atoms with Crippen molar-refractivity contribution in [1.82, 2.24) is 14.0 Å². The standard InChI is InChI=1S/C18H13Cl2N3O2/c19-13-6-3-5-12(17(13)20)15(24)9-22-16-8-21-10-23(16)14-7-2-1-4-11(14)18(22)25/h1-8,10,15,24H,9H2. The summed E-state index contributed by atoms with van der Waals surface area (Å²) < 4.78 is 3.32. The molecule has 126 valence electrons. The minimum Gasteiger partial charge on any atom is -0.386 e. The maximum atomic E-state index is 12.9. The van der Waals surface area contributed by atoms with E-state index in [0.717, 1.165) is 5.52 Å². The maximum Gasteiger partial charge on any atom is 0.261 e. The van der Waals surface area contributed by atoms with Crippen LogP contribution in [-0.2, 0) is 6.54 Å². The van der Waals surface area contributed by atoms with Crippen LogP contribution in [0, 0.1) is 0 Å². The Bertz CT molecular complexity index is 1150. The van der Waals surface area contributed by atoms with Crippen LogP contribution in [0.3, 0.4) is 0 Å². The van der Waals surface area contributed by atoms with Crippen molar-refractivity contribution in [3.8, 4) is 0 Å². The van der Waals surface area contributed by atoms with Gasteiger partial charge in [-0.1, -0.05) is 47.5 Å². The molecule has 4 rings (SSSR count). The molecular formula is C18H13Cl2N3O2. The Labute approximate surface area is 152 Å². The average molecular weight is 374 g/mol. The molecule has 1 unspecified atom stereocenters. The van der Waals surface area contributed by atoms with Crippen LogP contribution in [0.2, 0.25) is 10.0 Å². The summed E-state index contributed by atoms with van der Waals surface area (Å²) in [5, 5.41) is 11.8. The van der Waals surface area contributed by atoms with Crippen molar-refractivity contribution < 1.29 is 5.11 Å². The predicted molar refractivity (Wildman–Crippen MR) is 98.4 cm³/mol. The largest absolute Gasteiger partial charge is 0.386 e. The second-order valence-corrected chi connectivity index (χ2v) is 6.50. The van der Waals surface area contributed by atoms with Crippen LogP contribution < -0.4 is 5.56 Å². The van der Waals surface area contributed by atoms with E-state index in [1.807, 2.05) is 16.5 Å². The average Bonchev–Trinajstić information content (AvgIpc) is 3.10. The normalized spacial score (nSPS) is 12.8. The third-order valence-corrected chi connectivity index (χ3v) is 5.06. The number of nitrogens with zero attached hydrogens (tertiary/aromatic N) is 3. The van der Waals surface area contributed by atoms with Crippen LogP contribution >= 0.6 is 23.2 Å². The van der Waals surface area contributed by atoms with Gasteiger partial charge in [0.1, 0.15) is 12.0 Å². The second-order valence-electron chi connectivity index (χ2n) is 5.71. The first-order chi connectivity index (χ1) is 12.1. The van der Waals surface area contributed by atoms with Gasteiger partial charge in [0.15, 0.2) is 0 Å². The highest BCUT2D eigenvalue weighted by atomic mass is 35.5. The van der Waals surface area contributed by atoms with Gasteiger partial charge in [-0.3, -0.25) is 13.8 Å². The summed E-state index contributed by atoms with van der Waals surface area (Å²) in [5.74, 6) is 0. The lowest BCUT2D eigenvalue weighted by atomic mass is 10.1. The summed E-state index contributed by atoms with van der Waals surface area (Å²) >= 11 is 12.2. The number of halogens is 2. The van der Waals surface area contributed by atoms with Crippen LogP contribution in [0.25, 0.3) is 16.6 Å². The van der Waals surface area contributed by atoms with Gasteiger partial charge in [0, 0.05) is 5.56 Å². The van der Waals surface area contributed by atoms with E-state index in [1.165, 1.54) is 4.57 Å². The molecule has 0 radical (unpaired) electrons. The van der Waals surface area contributed by atoms with Gasteiger partial charge in [-0.05, 0) is 18.2 Å². The van der Waals surface area contributed by atoms with Crippen molar-refractivity contribution in [2.45, 2.75) is 12.6 Å². The summed E-state index contributed by atoms with van der Waals surface area (Å²) in [7, 11) is 0. The molecule has 0 aliphatic carbocycles. The Kier molecular flexibility index (Phi) is 4.00. The monoisotopic (exact) mass is 373 g/mol. The highest BCUT2D eigenvalue weighted by molar-refractivity contribution is 6.42. The molecule has 0 aliphatic heterocycles. The van der Waals surface area contributed by atoms with Crippen molar-refractivity contribution in [2.75, 3.05) is 0 Å². The van der Waals surface area contributed by atoms with E-state index in [0.29, 0.717) is 21.6 Å². The number of rotatable bonds is 3. The first-order valence-electron chi connectivity index (χ1n) is 7.63. The predicted octanol–water partition coefficient (Wildman–Crippen LogP) is 3.69. The molecular weight excluding hydrogens is 361 g/mol. The molecule has 1 atom stereocenters. The molecule has 7 heteroatoms. The van der Waals surface area contributed by atoms with E-state index in [9.17, 15) is 9.90 Å². The number of hydrogen-bond acceptors (Lipinski definition) is 3. The quantitative estimate of drug-likeness (QED) is 0.595. The van der Waals surface area contributed by atoms with Crippen molar-refractivity contribution >= 4 is 39.8 Å². The van der Waals surface area contributed by atoms with Gasteiger partial charge in [0.25, 0.3) is 5.56 Å². The Morgan fingerprint density at radius 1 is 1.12 bits per heavy atom. The molecule has 0 saturated carbocycles. The van der Waals surface area contributed by atoms with Gasteiger partial charge in [-0.2, -0.15) is 0 Å². The summed E-state index contributed by atoms with van der Waals surface area (Å²) in [4.78, 5) is 17.1. The fourth-order valence-corrected chi connectivity index (χ4v) is 3.45. The van der Waals surface area contributed by atoms with E-state index < -0.39 is 6.10 Å². The highest BCUT2D eigenvalue weighted by Crippen LogP contribution is 2.30. The molecule has 5 nitrogen and oxygen atoms in total. The van der Waals surface area contributed by atoms with Gasteiger partial charge in [0.05, 0.1) is 39.8 Å². The third kappa shape index (κ3) is 2.61. The topological polar surface area (TPSA) is 59.5 Å². The van der Waals surface area contributed by atoms with Crippen molar-refractivity contribution in [3.63, 3.8) is 0 Å². The van der Waals surface area contributed by atoms with Gasteiger partial charge >= 0.3 is 0 Å². The van der Waals surface area contributed by atoms with Crippen LogP contribution in [0.5, 0.6) is 0 Å². The maximum absolute atomic E-state index is 12.9. The zero-order chi connectivity index (χ0) is 17.6. The minimum atomic E-state index is -0.983. The lowest BCUT2D eigenvalue weighted by molar-refractivity contribution is 0.156. The number of para-hydroxylation sites is 1. The molecule has 2 aromatic heterocycles. The van der Waals surface area contributed by atoms with Gasteiger partial charge in [-0.25, -0.2) is 4.98 Å². The minimum absolute atomic E-state index is 0.0406. The number of aliphatic hydroxyl groups is 1. The van der Waals surface area contributed by atoms with E-state index in [-0.39, 0.29) is 17.1 Å². The van der Waals surface area contributed by atoms with Crippen LogP contribution in [0.15, 0.2) is 59.8 Å². The number of aliphatic hydroxyl groups excluding tert-OH is 1. The SMILES string of the molecule is O=c1c2ccccc2n2cncc2n1CC(O)c1cccc(Cl)c1Cl. The first kappa shape index (κ1) is 16.1. The zero-order valence-corrected chi connectivity index (χ0v) is 14.4. The zero-order valence-electron chi connectivity index (χ0n) is 12.9.